The van der Waals surface area contributed by atoms with Crippen LogP contribution in [0.2, 0.25) is 5.02 Å². The van der Waals surface area contributed by atoms with Gasteiger partial charge in [0.2, 0.25) is 10.0 Å². The molecule has 1 saturated heterocycles. The summed E-state index contributed by atoms with van der Waals surface area (Å²) in [5.41, 5.74) is 2.69. The Balaban J connectivity index is 1.45. The third-order valence-corrected chi connectivity index (χ3v) is 7.64. The molecule has 162 valence electrons. The molecule has 0 radical (unpaired) electrons. The first kappa shape index (κ1) is 21.5. The molecule has 0 N–H and O–H groups in total. The maximum Gasteiger partial charge on any atom is 0.274 e. The zero-order valence-electron chi connectivity index (χ0n) is 17.3. The van der Waals surface area contributed by atoms with Gasteiger partial charge >= 0.3 is 0 Å². The van der Waals surface area contributed by atoms with Crippen LogP contribution in [0.15, 0.2) is 59.6 Å². The van der Waals surface area contributed by atoms with Gasteiger partial charge in [-0.25, -0.2) is 13.1 Å². The Labute approximate surface area is 186 Å². The maximum atomic E-state index is 13.1. The van der Waals surface area contributed by atoms with Crippen molar-refractivity contribution in [1.82, 2.24) is 19.0 Å². The first-order valence-electron chi connectivity index (χ1n) is 9.94. The van der Waals surface area contributed by atoms with Crippen molar-refractivity contribution in [3.8, 4) is 5.69 Å². The summed E-state index contributed by atoms with van der Waals surface area (Å²) in [6.45, 7) is 4.78. The van der Waals surface area contributed by atoms with Gasteiger partial charge in [0.1, 0.15) is 0 Å². The number of amides is 1. The Morgan fingerprint density at radius 2 is 1.74 bits per heavy atom. The van der Waals surface area contributed by atoms with Crippen LogP contribution < -0.4 is 0 Å². The number of nitrogens with zero attached hydrogens (tertiary/aromatic N) is 4. The minimum atomic E-state index is -3.60. The Morgan fingerprint density at radius 1 is 1.00 bits per heavy atom. The average Bonchev–Trinajstić information content (AvgIpc) is 3.25. The highest BCUT2D eigenvalue weighted by molar-refractivity contribution is 7.89. The number of piperazine rings is 1. The summed E-state index contributed by atoms with van der Waals surface area (Å²) in [5.74, 6) is -0.218. The standard InChI is InChI=1S/C22H23ClN4O3S/c1-16-6-7-17(2)21(14-16)31(29,30)26-12-10-25(11-13-26)22(28)20-8-9-27(24-20)19-5-3-4-18(23)15-19/h3-9,14-15H,10-13H2,1-2H3. The van der Waals surface area contributed by atoms with Gasteiger partial charge in [-0.1, -0.05) is 29.8 Å². The summed E-state index contributed by atoms with van der Waals surface area (Å²) in [5, 5.41) is 4.95. The second kappa shape index (κ2) is 8.45. The number of benzene rings is 2. The number of carbonyl (C=O) groups excluding carboxylic acids is 1. The Kier molecular flexibility index (Phi) is 5.88. The molecule has 1 aliphatic rings. The molecule has 0 unspecified atom stereocenters. The monoisotopic (exact) mass is 458 g/mol. The lowest BCUT2D eigenvalue weighted by Gasteiger charge is -2.34. The summed E-state index contributed by atoms with van der Waals surface area (Å²) in [4.78, 5) is 14.9. The van der Waals surface area contributed by atoms with Gasteiger partial charge < -0.3 is 4.90 Å². The van der Waals surface area contributed by atoms with Crippen LogP contribution in [0.5, 0.6) is 0 Å². The summed E-state index contributed by atoms with van der Waals surface area (Å²) in [7, 11) is -3.60. The van der Waals surface area contributed by atoms with Crippen LogP contribution >= 0.6 is 11.6 Å². The van der Waals surface area contributed by atoms with Gasteiger partial charge in [0.05, 0.1) is 10.6 Å². The lowest BCUT2D eigenvalue weighted by atomic mass is 10.2. The minimum Gasteiger partial charge on any atom is -0.335 e. The molecule has 9 heteroatoms. The third kappa shape index (κ3) is 4.37. The topological polar surface area (TPSA) is 75.5 Å². The number of halogens is 1. The zero-order valence-corrected chi connectivity index (χ0v) is 18.9. The molecule has 3 aromatic rings. The highest BCUT2D eigenvalue weighted by atomic mass is 35.5. The van der Waals surface area contributed by atoms with E-state index in [0.717, 1.165) is 16.8 Å². The van der Waals surface area contributed by atoms with Gasteiger partial charge in [0.25, 0.3) is 5.91 Å². The van der Waals surface area contributed by atoms with Crippen LogP contribution in [0, 0.1) is 13.8 Å². The normalized spacial score (nSPS) is 15.3. The Hall–Kier alpha value is -2.68. The molecule has 2 aromatic carbocycles. The SMILES string of the molecule is Cc1ccc(C)c(S(=O)(=O)N2CCN(C(=O)c3ccn(-c4cccc(Cl)c4)n3)CC2)c1. The molecule has 4 rings (SSSR count). The number of sulfonamides is 1. The summed E-state index contributed by atoms with van der Waals surface area (Å²) < 4.78 is 29.2. The van der Waals surface area contributed by atoms with Crippen LogP contribution in [-0.4, -0.2) is 59.5 Å². The van der Waals surface area contributed by atoms with E-state index in [1.807, 2.05) is 31.2 Å². The first-order chi connectivity index (χ1) is 14.8. The second-order valence-corrected chi connectivity index (χ2v) is 9.93. The molecule has 2 heterocycles. The van der Waals surface area contributed by atoms with Crippen LogP contribution in [0.3, 0.4) is 0 Å². The van der Waals surface area contributed by atoms with E-state index in [9.17, 15) is 13.2 Å². The van der Waals surface area contributed by atoms with Gasteiger partial charge in [0, 0.05) is 37.4 Å². The molecule has 0 saturated carbocycles. The molecular formula is C22H23ClN4O3S. The number of rotatable bonds is 4. The first-order valence-corrected chi connectivity index (χ1v) is 11.8. The summed E-state index contributed by atoms with van der Waals surface area (Å²) in [6.07, 6.45) is 1.71. The van der Waals surface area contributed by atoms with Gasteiger partial charge in [0.15, 0.2) is 5.69 Å². The highest BCUT2D eigenvalue weighted by Gasteiger charge is 2.32. The quantitative estimate of drug-likeness (QED) is 0.601. The molecular weight excluding hydrogens is 436 g/mol. The molecule has 0 bridgehead atoms. The van der Waals surface area contributed by atoms with E-state index in [0.29, 0.717) is 28.7 Å². The maximum absolute atomic E-state index is 13.1. The smallest absolute Gasteiger partial charge is 0.274 e. The van der Waals surface area contributed by atoms with Gasteiger partial charge in [-0.05, 0) is 55.3 Å². The molecule has 0 aliphatic carbocycles. The molecule has 1 aliphatic heterocycles. The van der Waals surface area contributed by atoms with Crippen molar-refractivity contribution in [2.45, 2.75) is 18.7 Å². The van der Waals surface area contributed by atoms with Gasteiger partial charge in [-0.15, -0.1) is 0 Å². The van der Waals surface area contributed by atoms with Crippen LogP contribution in [0.1, 0.15) is 21.6 Å². The second-order valence-electron chi connectivity index (χ2n) is 7.59. The van der Waals surface area contributed by atoms with E-state index in [2.05, 4.69) is 5.10 Å². The van der Waals surface area contributed by atoms with Crippen LogP contribution in [0.25, 0.3) is 5.69 Å². The largest absolute Gasteiger partial charge is 0.335 e. The predicted molar refractivity (Wildman–Crippen MR) is 119 cm³/mol. The fraction of sp³-hybridized carbons (Fsp3) is 0.273. The van der Waals surface area contributed by atoms with E-state index in [-0.39, 0.29) is 19.0 Å². The number of carbonyl (C=O) groups is 1. The van der Waals surface area contributed by atoms with Crippen molar-refractivity contribution >= 4 is 27.5 Å². The fourth-order valence-corrected chi connectivity index (χ4v) is 5.53. The number of aromatic nitrogens is 2. The lowest BCUT2D eigenvalue weighted by Crippen LogP contribution is -2.50. The lowest BCUT2D eigenvalue weighted by molar-refractivity contribution is 0.0691. The van der Waals surface area contributed by atoms with E-state index < -0.39 is 10.0 Å². The fourth-order valence-electron chi connectivity index (χ4n) is 3.62. The predicted octanol–water partition coefficient (Wildman–Crippen LogP) is 3.29. The molecule has 0 spiro atoms. The third-order valence-electron chi connectivity index (χ3n) is 5.37. The van der Waals surface area contributed by atoms with Crippen molar-refractivity contribution in [2.24, 2.45) is 0 Å². The summed E-state index contributed by atoms with van der Waals surface area (Å²) in [6, 6.07) is 14.3. The molecule has 0 atom stereocenters. The van der Waals surface area contributed by atoms with E-state index >= 15 is 0 Å². The Morgan fingerprint density at radius 3 is 2.45 bits per heavy atom. The average molecular weight is 459 g/mol. The van der Waals surface area contributed by atoms with Crippen molar-refractivity contribution in [3.63, 3.8) is 0 Å². The van der Waals surface area contributed by atoms with E-state index in [4.69, 9.17) is 11.6 Å². The molecule has 1 fully saturated rings. The van der Waals surface area contributed by atoms with E-state index in [1.165, 1.54) is 4.31 Å². The summed E-state index contributed by atoms with van der Waals surface area (Å²) >= 11 is 6.03. The highest BCUT2D eigenvalue weighted by Crippen LogP contribution is 2.23. The van der Waals surface area contributed by atoms with Crippen molar-refractivity contribution in [2.75, 3.05) is 26.2 Å². The van der Waals surface area contributed by atoms with E-state index in [1.54, 1.807) is 47.0 Å². The zero-order chi connectivity index (χ0) is 22.2. The molecule has 31 heavy (non-hydrogen) atoms. The molecule has 1 aromatic heterocycles. The van der Waals surface area contributed by atoms with Gasteiger partial charge in [-0.2, -0.15) is 9.40 Å². The van der Waals surface area contributed by atoms with Crippen LogP contribution in [0.4, 0.5) is 0 Å². The van der Waals surface area contributed by atoms with Crippen molar-refractivity contribution in [1.29, 1.82) is 0 Å². The van der Waals surface area contributed by atoms with Crippen molar-refractivity contribution < 1.29 is 13.2 Å². The van der Waals surface area contributed by atoms with Gasteiger partial charge in [-0.3, -0.25) is 4.79 Å². The molecule has 7 nitrogen and oxygen atoms in total. The number of aryl methyl sites for hydroxylation is 2. The Bertz CT molecular complexity index is 1230. The van der Waals surface area contributed by atoms with Crippen LogP contribution in [-0.2, 0) is 10.0 Å². The number of hydrogen-bond donors (Lipinski definition) is 0. The molecule has 1 amide bonds. The minimum absolute atomic E-state index is 0.218. The number of hydrogen-bond acceptors (Lipinski definition) is 4. The van der Waals surface area contributed by atoms with Crippen molar-refractivity contribution in [3.05, 3.63) is 76.6 Å².